The van der Waals surface area contributed by atoms with Crippen molar-refractivity contribution in [1.29, 1.82) is 0 Å². The molecule has 0 aliphatic rings. The van der Waals surface area contributed by atoms with Crippen LogP contribution in [-0.4, -0.2) is 34.3 Å². The van der Waals surface area contributed by atoms with Gasteiger partial charge in [0.2, 0.25) is 0 Å². The average Bonchev–Trinajstić information content (AvgIpc) is 4.02. The summed E-state index contributed by atoms with van der Waals surface area (Å²) >= 11 is 14.8. The van der Waals surface area contributed by atoms with Crippen molar-refractivity contribution in [2.24, 2.45) is 21.1 Å². The van der Waals surface area contributed by atoms with Crippen LogP contribution in [0.5, 0.6) is 0 Å². The largest absolute Gasteiger partial charge is 0.361 e. The minimum atomic E-state index is 0.896. The SMILES string of the molecule is Cc1ccn(C)c1C.Cc1cn(C)c(C)c1C.Cc1cnn(C)c1C.Cc1csc(Cl)c1C.Cc1n[nH]c(C)c1C.Cc1noc(C)c1C.Cc1scc(Cl)c1C. The molecule has 0 fully saturated rings. The van der Waals surface area contributed by atoms with Crippen LogP contribution in [0.25, 0.3) is 0 Å². The summed E-state index contributed by atoms with van der Waals surface area (Å²) < 4.78 is 11.9. The number of hydrogen-bond donors (Lipinski definition) is 1. The Morgan fingerprint density at radius 2 is 1.21 bits per heavy atom. The summed E-state index contributed by atoms with van der Waals surface area (Å²) in [6, 6.07) is 2.12. The van der Waals surface area contributed by atoms with E-state index in [0.29, 0.717) is 0 Å². The van der Waals surface area contributed by atoms with Gasteiger partial charge in [-0.3, -0.25) is 9.78 Å². The molecule has 8 nitrogen and oxygen atoms in total. The lowest BCUT2D eigenvalue weighted by Crippen LogP contribution is -1.91. The number of H-pyrrole nitrogens is 1. The van der Waals surface area contributed by atoms with E-state index in [4.69, 9.17) is 27.7 Å². The third-order valence-electron chi connectivity index (χ3n) is 10.5. The Labute approximate surface area is 361 Å². The second-order valence-electron chi connectivity index (χ2n) is 14.5. The number of nitrogens with zero attached hydrogens (tertiary/aromatic N) is 6. The van der Waals surface area contributed by atoms with Crippen molar-refractivity contribution in [2.45, 2.75) is 118 Å². The Balaban J connectivity index is 0.000000333. The second-order valence-corrected chi connectivity index (χ2v) is 17.4. The summed E-state index contributed by atoms with van der Waals surface area (Å²) in [5, 5.41) is 19.6. The highest BCUT2D eigenvalue weighted by Crippen LogP contribution is 2.25. The van der Waals surface area contributed by atoms with Crippen LogP contribution in [0, 0.1) is 118 Å². The van der Waals surface area contributed by atoms with Crippen LogP contribution in [0.3, 0.4) is 0 Å². The third-order valence-corrected chi connectivity index (χ3v) is 13.6. The van der Waals surface area contributed by atoms with Gasteiger partial charge in [0.1, 0.15) is 5.76 Å². The summed E-state index contributed by atoms with van der Waals surface area (Å²) in [6.45, 7) is 34.9. The predicted molar refractivity (Wildman–Crippen MR) is 248 cm³/mol. The zero-order valence-electron chi connectivity index (χ0n) is 38.1. The van der Waals surface area contributed by atoms with E-state index in [1.165, 1.54) is 72.2 Å². The van der Waals surface area contributed by atoms with Crippen LogP contribution in [0.1, 0.15) is 94.9 Å². The summed E-state index contributed by atoms with van der Waals surface area (Å²) in [5.41, 5.74) is 18.8. The Morgan fingerprint density at radius 3 is 1.33 bits per heavy atom. The van der Waals surface area contributed by atoms with Crippen LogP contribution in [0.15, 0.2) is 39.9 Å². The zero-order valence-corrected chi connectivity index (χ0v) is 41.3. The van der Waals surface area contributed by atoms with E-state index in [1.54, 1.807) is 22.7 Å². The van der Waals surface area contributed by atoms with Gasteiger partial charge in [-0.2, -0.15) is 10.2 Å². The summed E-state index contributed by atoms with van der Waals surface area (Å²) in [7, 11) is 6.08. The van der Waals surface area contributed by atoms with Gasteiger partial charge in [-0.15, -0.1) is 22.7 Å². The summed E-state index contributed by atoms with van der Waals surface area (Å²) in [6.07, 6.45) is 6.10. The van der Waals surface area contributed by atoms with Crippen molar-refractivity contribution < 1.29 is 4.52 Å². The number of thiophene rings is 2. The van der Waals surface area contributed by atoms with Gasteiger partial charge in [0.15, 0.2) is 0 Å². The molecule has 0 saturated carbocycles. The topological polar surface area (TPSA) is 82.4 Å². The molecule has 57 heavy (non-hydrogen) atoms. The minimum Gasteiger partial charge on any atom is -0.361 e. The molecule has 0 radical (unpaired) electrons. The molecular weight excluding hydrogens is 790 g/mol. The van der Waals surface area contributed by atoms with Crippen LogP contribution < -0.4 is 0 Å². The Kier molecular flexibility index (Phi) is 21.7. The fraction of sp³-hybridized carbons (Fsp3) is 0.444. The van der Waals surface area contributed by atoms with Crippen molar-refractivity contribution >= 4 is 45.9 Å². The standard InChI is InChI=1S/C8H13N.C7H11N.2C6H7ClS.2C6H10N2.C6H9NO/c1-6-5-9(4)8(3)7(6)2;1-6-4-5-8(3)7(6)2;1-4-5(2)8-3-6(4)7;1-4-3-8-6(7)5(4)2;1-5-4-7-8(3)6(5)2;2*1-4-5(2)7-8-6(4)3/h5H,1-4H3;4-5H,1-3H3;2*3H,1-2H3;4H,1-3H3;1-3H3,(H,7,8);1-3H3. The molecule has 7 aromatic heterocycles. The molecule has 12 heteroatoms. The fourth-order valence-corrected chi connectivity index (χ4v) is 6.62. The van der Waals surface area contributed by atoms with Gasteiger partial charge in [0, 0.05) is 72.1 Å². The van der Waals surface area contributed by atoms with Crippen molar-refractivity contribution in [1.82, 2.24) is 34.3 Å². The third kappa shape index (κ3) is 16.2. The molecule has 7 rings (SSSR count). The van der Waals surface area contributed by atoms with E-state index in [-0.39, 0.29) is 0 Å². The highest BCUT2D eigenvalue weighted by molar-refractivity contribution is 7.14. The summed E-state index contributed by atoms with van der Waals surface area (Å²) in [5.74, 6) is 0.919. The van der Waals surface area contributed by atoms with Crippen molar-refractivity contribution in [3.63, 3.8) is 0 Å². The highest BCUT2D eigenvalue weighted by atomic mass is 35.5. The van der Waals surface area contributed by atoms with E-state index in [9.17, 15) is 0 Å². The van der Waals surface area contributed by atoms with Gasteiger partial charge in [-0.05, 0) is 174 Å². The molecule has 0 aliphatic heterocycles. The quantitative estimate of drug-likeness (QED) is 0.165. The molecule has 7 heterocycles. The van der Waals surface area contributed by atoms with Crippen molar-refractivity contribution in [2.75, 3.05) is 0 Å². The number of aryl methyl sites for hydroxylation is 12. The number of nitrogens with one attached hydrogen (secondary N) is 1. The van der Waals surface area contributed by atoms with Gasteiger partial charge < -0.3 is 13.7 Å². The molecule has 0 aromatic carbocycles. The number of rotatable bonds is 0. The van der Waals surface area contributed by atoms with Gasteiger partial charge >= 0.3 is 0 Å². The minimum absolute atomic E-state index is 0.896. The molecule has 1 N–H and O–H groups in total. The lowest BCUT2D eigenvalue weighted by Gasteiger charge is -1.93. The summed E-state index contributed by atoms with van der Waals surface area (Å²) in [4.78, 5) is 1.31. The first kappa shape index (κ1) is 51.2. The molecule has 0 amide bonds. The Bertz CT molecular complexity index is 1770. The molecule has 7 aromatic rings. The lowest BCUT2D eigenvalue weighted by molar-refractivity contribution is 0.392. The zero-order chi connectivity index (χ0) is 43.9. The molecule has 0 aliphatic carbocycles. The maximum Gasteiger partial charge on any atom is 0.136 e. The Morgan fingerprint density at radius 1 is 0.596 bits per heavy atom. The fourth-order valence-electron chi connectivity index (χ4n) is 4.47. The molecule has 0 unspecified atom stereocenters. The molecule has 0 saturated heterocycles. The van der Waals surface area contributed by atoms with E-state index in [2.05, 4.69) is 137 Å². The predicted octanol–water partition coefficient (Wildman–Crippen LogP) is 13.6. The number of aromatic nitrogens is 7. The maximum absolute atomic E-state index is 5.75. The normalized spacial score (nSPS) is 9.93. The lowest BCUT2D eigenvalue weighted by atomic mass is 10.2. The highest BCUT2D eigenvalue weighted by Gasteiger charge is 2.02. The number of halogens is 2. The second kappa shape index (κ2) is 24.2. The molecule has 0 bridgehead atoms. The molecule has 314 valence electrons. The van der Waals surface area contributed by atoms with E-state index in [0.717, 1.165) is 32.1 Å². The first-order valence-electron chi connectivity index (χ1n) is 18.8. The monoisotopic (exact) mass is 855 g/mol. The number of aromatic amines is 1. The maximum atomic E-state index is 5.75. The first-order valence-corrected chi connectivity index (χ1v) is 21.3. The van der Waals surface area contributed by atoms with Gasteiger partial charge in [0.25, 0.3) is 0 Å². The number of hydrogen-bond acceptors (Lipinski definition) is 6. The van der Waals surface area contributed by atoms with Crippen LogP contribution in [0.4, 0.5) is 0 Å². The van der Waals surface area contributed by atoms with Crippen molar-refractivity contribution in [3.8, 4) is 0 Å². The average molecular weight is 857 g/mol. The van der Waals surface area contributed by atoms with Gasteiger partial charge in [-0.1, -0.05) is 28.4 Å². The molecular formula is C45H67Cl2N7OS2. The van der Waals surface area contributed by atoms with Crippen LogP contribution >= 0.6 is 45.9 Å². The van der Waals surface area contributed by atoms with Gasteiger partial charge in [0.05, 0.1) is 26.9 Å². The molecule has 0 spiro atoms. The smallest absolute Gasteiger partial charge is 0.136 e. The van der Waals surface area contributed by atoms with E-state index < -0.39 is 0 Å². The van der Waals surface area contributed by atoms with Crippen LogP contribution in [0.2, 0.25) is 9.36 Å². The van der Waals surface area contributed by atoms with E-state index >= 15 is 0 Å². The van der Waals surface area contributed by atoms with E-state index in [1.807, 2.05) is 71.8 Å². The van der Waals surface area contributed by atoms with Gasteiger partial charge in [-0.25, -0.2) is 0 Å². The Hall–Kier alpha value is -3.83. The van der Waals surface area contributed by atoms with Crippen LogP contribution in [-0.2, 0) is 21.1 Å². The molecule has 0 atom stereocenters. The van der Waals surface area contributed by atoms with Crippen molar-refractivity contribution in [3.05, 3.63) is 140 Å². The first-order chi connectivity index (χ1) is 26.4.